The first kappa shape index (κ1) is 40.1. The molecule has 302 valence electrons. The van der Waals surface area contributed by atoms with Gasteiger partial charge >= 0.3 is 4.87 Å². The number of aromatic hydroxyl groups is 1. The molecule has 2 saturated heterocycles. The van der Waals surface area contributed by atoms with E-state index in [4.69, 9.17) is 9.47 Å². The largest absolute Gasteiger partial charge is 0.506 e. The van der Waals surface area contributed by atoms with Crippen LogP contribution in [0.1, 0.15) is 72.3 Å². The Kier molecular flexibility index (Phi) is 13.2. The lowest BCUT2D eigenvalue weighted by Crippen LogP contribution is -2.58. The second-order valence-corrected chi connectivity index (χ2v) is 16.4. The predicted octanol–water partition coefficient (Wildman–Crippen LogP) is 3.53. The lowest BCUT2D eigenvalue weighted by Gasteiger charge is -2.47. The zero-order valence-electron chi connectivity index (χ0n) is 32.3. The van der Waals surface area contributed by atoms with E-state index in [1.165, 1.54) is 30.0 Å². The van der Waals surface area contributed by atoms with E-state index in [-0.39, 0.29) is 34.6 Å². The molecule has 56 heavy (non-hydrogen) atoms. The maximum Gasteiger partial charge on any atom is 0.305 e. The molecule has 0 bridgehead atoms. The number of hydrogen-bond acceptors (Lipinski definition) is 11. The highest BCUT2D eigenvalue weighted by Crippen LogP contribution is 2.33. The first-order chi connectivity index (χ1) is 27.2. The Balaban J connectivity index is 0.777. The number of aromatic nitrogens is 3. The summed E-state index contributed by atoms with van der Waals surface area (Å²) in [5.74, 6) is 0.710. The molecule has 7 rings (SSSR count). The van der Waals surface area contributed by atoms with Crippen LogP contribution in [0.15, 0.2) is 53.5 Å². The average Bonchev–Trinajstić information content (AvgIpc) is 3.73. The number of nitrogens with one attached hydrogen (secondary N) is 2. The van der Waals surface area contributed by atoms with E-state index < -0.39 is 6.10 Å². The smallest absolute Gasteiger partial charge is 0.305 e. The van der Waals surface area contributed by atoms with E-state index in [0.717, 1.165) is 56.8 Å². The lowest BCUT2D eigenvalue weighted by atomic mass is 9.89. The van der Waals surface area contributed by atoms with E-state index in [1.807, 2.05) is 28.8 Å². The van der Waals surface area contributed by atoms with Gasteiger partial charge in [0.15, 0.2) is 0 Å². The lowest BCUT2D eigenvalue weighted by molar-refractivity contribution is -0.132. The number of benzene rings is 2. The third-order valence-corrected chi connectivity index (χ3v) is 12.2. The molecule has 4 heterocycles. The number of rotatable bonds is 18. The van der Waals surface area contributed by atoms with Gasteiger partial charge in [0.05, 0.1) is 49.2 Å². The molecule has 2 aromatic carbocycles. The third kappa shape index (κ3) is 10.2. The highest BCUT2D eigenvalue weighted by molar-refractivity contribution is 7.16. The van der Waals surface area contributed by atoms with E-state index in [2.05, 4.69) is 44.6 Å². The number of morpholine rings is 1. The summed E-state index contributed by atoms with van der Waals surface area (Å²) in [6.07, 6.45) is 6.40. The predicted molar refractivity (Wildman–Crippen MR) is 214 cm³/mol. The fourth-order valence-electron chi connectivity index (χ4n) is 7.82. The van der Waals surface area contributed by atoms with Crippen molar-refractivity contribution >= 4 is 33.4 Å². The van der Waals surface area contributed by atoms with Crippen molar-refractivity contribution in [1.29, 1.82) is 0 Å². The number of ether oxygens (including phenoxy) is 2. The zero-order chi connectivity index (χ0) is 39.1. The number of thiazole rings is 1. The van der Waals surface area contributed by atoms with Gasteiger partial charge in [-0.2, -0.15) is 5.10 Å². The molecule has 1 spiro atoms. The highest BCUT2D eigenvalue weighted by Gasteiger charge is 2.41. The minimum atomic E-state index is -0.872. The summed E-state index contributed by atoms with van der Waals surface area (Å²) in [7, 11) is 0. The number of phenolic OH excluding ortho intramolecular Hbond substituents is 1. The molecule has 0 unspecified atom stereocenters. The number of hydrogen-bond donors (Lipinski definition) is 4. The Morgan fingerprint density at radius 2 is 1.96 bits per heavy atom. The number of carbonyl (C=O) groups is 2. The number of likely N-dealkylation sites (tertiary alicyclic amines) is 1. The molecule has 14 nitrogen and oxygen atoms in total. The fraction of sp³-hybridized carbons (Fsp3) is 0.561. The van der Waals surface area contributed by atoms with Crippen molar-refractivity contribution in [3.8, 4) is 5.75 Å². The molecule has 2 aromatic heterocycles. The number of carbonyl (C=O) groups excluding carboxylic acids is 2. The van der Waals surface area contributed by atoms with Crippen molar-refractivity contribution in [1.82, 2.24) is 34.8 Å². The SMILES string of the molecule is CCN(CCNC[C@H](O)c1ccc(O)c2[nH]c(=O)sc12)C(=O)CCOCCc1cccc(CN2CCC3(CC2)CN(C(=O)c2ccn(CC4CC4)n2)CCO3)c1. The van der Waals surface area contributed by atoms with Crippen LogP contribution in [0.25, 0.3) is 10.2 Å². The standard InChI is InChI=1S/C41H55N7O7S/c1-2-46(19-15-42-25-35(50)32-8-9-34(49)37-38(32)56-40(53)43-37)36(51)12-22-54-21-11-29-4-3-5-31(24-29)26-45-17-13-41(14-18-45)28-47(20-23-55-41)39(52)33-10-16-48(44-33)27-30-6-7-30/h3-5,8-10,16,24,30,35,42,49-50H,2,6-7,11-15,17-23,25-28H2,1H3,(H,43,53)/t35-/m0/s1. The second kappa shape index (κ2) is 18.4. The van der Waals surface area contributed by atoms with Gasteiger partial charge in [-0.3, -0.25) is 24.0 Å². The quantitative estimate of drug-likeness (QED) is 0.110. The van der Waals surface area contributed by atoms with Crippen LogP contribution < -0.4 is 10.2 Å². The molecular weight excluding hydrogens is 735 g/mol. The molecule has 0 radical (unpaired) electrons. The maximum absolute atomic E-state index is 13.3. The van der Waals surface area contributed by atoms with Crippen LogP contribution in [-0.4, -0.2) is 129 Å². The number of H-pyrrole nitrogens is 1. The van der Waals surface area contributed by atoms with Gasteiger partial charge in [-0.25, -0.2) is 0 Å². The van der Waals surface area contributed by atoms with Gasteiger partial charge in [0.2, 0.25) is 5.91 Å². The van der Waals surface area contributed by atoms with Crippen LogP contribution in [0.4, 0.5) is 0 Å². The molecule has 1 aliphatic carbocycles. The van der Waals surface area contributed by atoms with E-state index in [1.54, 1.807) is 11.0 Å². The number of phenols is 1. The first-order valence-corrected chi connectivity index (χ1v) is 20.9. The molecule has 4 N–H and O–H groups in total. The number of nitrogens with zero attached hydrogens (tertiary/aromatic N) is 5. The summed E-state index contributed by atoms with van der Waals surface area (Å²) in [5, 5.41) is 28.5. The van der Waals surface area contributed by atoms with Crippen molar-refractivity contribution in [2.75, 3.05) is 72.2 Å². The molecule has 4 aromatic rings. The summed E-state index contributed by atoms with van der Waals surface area (Å²) in [6.45, 7) is 9.98. The summed E-state index contributed by atoms with van der Waals surface area (Å²) in [6, 6.07) is 13.6. The number of likely N-dealkylation sites (N-methyl/N-ethyl adjacent to an activating group) is 1. The van der Waals surface area contributed by atoms with Crippen molar-refractivity contribution in [2.45, 2.75) is 70.2 Å². The van der Waals surface area contributed by atoms with Crippen molar-refractivity contribution < 1.29 is 29.3 Å². The molecule has 2 amide bonds. The average molecular weight is 790 g/mol. The highest BCUT2D eigenvalue weighted by atomic mass is 32.1. The van der Waals surface area contributed by atoms with Crippen LogP contribution >= 0.6 is 11.3 Å². The van der Waals surface area contributed by atoms with Gasteiger partial charge in [0.25, 0.3) is 5.91 Å². The van der Waals surface area contributed by atoms with Crippen LogP contribution in [0.5, 0.6) is 5.75 Å². The minimum Gasteiger partial charge on any atom is -0.506 e. The monoisotopic (exact) mass is 789 g/mol. The molecule has 3 aliphatic rings. The number of aromatic amines is 1. The van der Waals surface area contributed by atoms with Crippen LogP contribution in [0.2, 0.25) is 0 Å². The Morgan fingerprint density at radius 1 is 1.14 bits per heavy atom. The van der Waals surface area contributed by atoms with Crippen LogP contribution in [-0.2, 0) is 33.8 Å². The molecule has 3 fully saturated rings. The van der Waals surface area contributed by atoms with Crippen LogP contribution in [0.3, 0.4) is 0 Å². The van der Waals surface area contributed by atoms with E-state index in [0.29, 0.717) is 86.4 Å². The Morgan fingerprint density at radius 3 is 2.77 bits per heavy atom. The first-order valence-electron chi connectivity index (χ1n) is 20.0. The molecule has 15 heteroatoms. The van der Waals surface area contributed by atoms with Crippen molar-refractivity contribution in [3.63, 3.8) is 0 Å². The number of amides is 2. The summed E-state index contributed by atoms with van der Waals surface area (Å²) in [5.41, 5.74) is 3.60. The van der Waals surface area contributed by atoms with Gasteiger partial charge in [-0.1, -0.05) is 41.7 Å². The molecule has 2 aliphatic heterocycles. The summed E-state index contributed by atoms with van der Waals surface area (Å²) < 4.78 is 14.7. The minimum absolute atomic E-state index is 0.00671. The molecule has 1 atom stereocenters. The van der Waals surface area contributed by atoms with Crippen molar-refractivity contribution in [3.05, 3.63) is 80.7 Å². The summed E-state index contributed by atoms with van der Waals surface area (Å²) >= 11 is 0.956. The van der Waals surface area contributed by atoms with Gasteiger partial charge < -0.3 is 39.8 Å². The van der Waals surface area contributed by atoms with Crippen molar-refractivity contribution in [2.24, 2.45) is 5.92 Å². The van der Waals surface area contributed by atoms with Gasteiger partial charge in [0, 0.05) is 70.7 Å². The summed E-state index contributed by atoms with van der Waals surface area (Å²) in [4.78, 5) is 46.5. The Labute approximate surface area is 331 Å². The number of fused-ring (bicyclic) bond motifs is 1. The number of aliphatic hydroxyl groups is 1. The maximum atomic E-state index is 13.3. The Hall–Kier alpha value is -4.12. The fourth-order valence-corrected chi connectivity index (χ4v) is 8.74. The van der Waals surface area contributed by atoms with Crippen LogP contribution in [0, 0.1) is 5.92 Å². The van der Waals surface area contributed by atoms with E-state index >= 15 is 0 Å². The second-order valence-electron chi connectivity index (χ2n) is 15.4. The molecular formula is C41H55N7O7S. The number of aliphatic hydroxyl groups excluding tert-OH is 1. The zero-order valence-corrected chi connectivity index (χ0v) is 33.1. The van der Waals surface area contributed by atoms with Gasteiger partial charge in [-0.15, -0.1) is 0 Å². The third-order valence-electron chi connectivity index (χ3n) is 11.3. The van der Waals surface area contributed by atoms with Gasteiger partial charge in [0.1, 0.15) is 17.0 Å². The topological polar surface area (TPSA) is 165 Å². The molecule has 1 saturated carbocycles. The van der Waals surface area contributed by atoms with Gasteiger partial charge in [-0.05, 0) is 68.2 Å². The van der Waals surface area contributed by atoms with E-state index in [9.17, 15) is 24.6 Å². The Bertz CT molecular complexity index is 2000. The normalized spacial score (nSPS) is 17.8. The number of piperidine rings is 1.